The van der Waals surface area contributed by atoms with Gasteiger partial charge in [0.15, 0.2) is 0 Å². The number of likely N-dealkylation sites (tertiary alicyclic amines) is 1. The molecule has 0 saturated carbocycles. The topological polar surface area (TPSA) is 82.1 Å². The highest BCUT2D eigenvalue weighted by Crippen LogP contribution is 2.23. The second-order valence-corrected chi connectivity index (χ2v) is 10.2. The Balaban J connectivity index is 1.78. The molecule has 152 valence electrons. The number of amides is 1. The molecule has 1 aromatic carbocycles. The molecule has 0 aliphatic carbocycles. The number of hydrogen-bond acceptors (Lipinski definition) is 6. The van der Waals surface area contributed by atoms with Crippen LogP contribution in [0.2, 0.25) is 0 Å². The molecular formula is C18H26BrNO6S. The number of carbonyl (C=O) groups is 1. The van der Waals surface area contributed by atoms with Gasteiger partial charge in [0.1, 0.15) is 5.60 Å². The van der Waals surface area contributed by atoms with Crippen LogP contribution in [0.5, 0.6) is 0 Å². The van der Waals surface area contributed by atoms with Crippen LogP contribution in [0, 0.1) is 6.92 Å². The molecule has 0 radical (unpaired) electrons. The molecule has 0 unspecified atom stereocenters. The van der Waals surface area contributed by atoms with Crippen LogP contribution < -0.4 is 0 Å². The average molecular weight is 464 g/mol. The largest absolute Gasteiger partial charge is 0.444 e. The van der Waals surface area contributed by atoms with Crippen LogP contribution in [-0.2, 0) is 23.8 Å². The van der Waals surface area contributed by atoms with Crippen molar-refractivity contribution in [3.05, 3.63) is 29.8 Å². The van der Waals surface area contributed by atoms with Gasteiger partial charge in [0.25, 0.3) is 10.1 Å². The van der Waals surface area contributed by atoms with Crippen molar-refractivity contribution < 1.29 is 26.9 Å². The Bertz CT molecular complexity index is 744. The Hall–Kier alpha value is -1.16. The van der Waals surface area contributed by atoms with E-state index in [9.17, 15) is 13.2 Å². The molecule has 7 nitrogen and oxygen atoms in total. The number of nitrogens with zero attached hydrogens (tertiary/aromatic N) is 1. The van der Waals surface area contributed by atoms with Crippen LogP contribution in [0.15, 0.2) is 29.2 Å². The normalized spacial score (nSPS) is 20.7. The lowest BCUT2D eigenvalue weighted by atomic mass is 10.2. The predicted octanol–water partition coefficient (Wildman–Crippen LogP) is 3.10. The first kappa shape index (κ1) is 22.1. The predicted molar refractivity (Wildman–Crippen MR) is 105 cm³/mol. The van der Waals surface area contributed by atoms with Crippen molar-refractivity contribution in [1.29, 1.82) is 0 Å². The fraction of sp³-hybridized carbons (Fsp3) is 0.611. The zero-order chi connectivity index (χ0) is 20.2. The van der Waals surface area contributed by atoms with E-state index in [2.05, 4.69) is 15.9 Å². The van der Waals surface area contributed by atoms with Gasteiger partial charge >= 0.3 is 6.09 Å². The van der Waals surface area contributed by atoms with Crippen molar-refractivity contribution in [3.8, 4) is 0 Å². The molecule has 1 saturated heterocycles. The first-order valence-electron chi connectivity index (χ1n) is 8.68. The molecule has 1 aromatic rings. The minimum atomic E-state index is -3.81. The van der Waals surface area contributed by atoms with Crippen LogP contribution in [0.3, 0.4) is 0 Å². The maximum absolute atomic E-state index is 12.1. The number of halogens is 1. The molecule has 0 N–H and O–H groups in total. The van der Waals surface area contributed by atoms with Crippen LogP contribution in [0.4, 0.5) is 4.79 Å². The van der Waals surface area contributed by atoms with E-state index in [1.165, 1.54) is 12.1 Å². The summed E-state index contributed by atoms with van der Waals surface area (Å²) in [7, 11) is -3.81. The Labute approximate surface area is 169 Å². The lowest BCUT2D eigenvalue weighted by molar-refractivity contribution is 0.0180. The fourth-order valence-electron chi connectivity index (χ4n) is 2.48. The first-order valence-corrected chi connectivity index (χ1v) is 11.0. The molecule has 27 heavy (non-hydrogen) atoms. The summed E-state index contributed by atoms with van der Waals surface area (Å²) < 4.78 is 40.3. The number of hydrogen-bond donors (Lipinski definition) is 0. The molecule has 2 rings (SSSR count). The standard InChI is InChI=1S/C18H26BrNO6S/c1-13-5-7-14(8-6-13)27(22,23)25-10-9-24-16-12-20(11-15(16)19)17(21)26-18(2,3)4/h5-8,15-16H,9-12H2,1-4H3/t15-,16+/m1/s1. The highest BCUT2D eigenvalue weighted by Gasteiger charge is 2.36. The Morgan fingerprint density at radius 3 is 2.41 bits per heavy atom. The van der Waals surface area contributed by atoms with E-state index in [1.807, 2.05) is 27.7 Å². The van der Waals surface area contributed by atoms with E-state index in [0.29, 0.717) is 13.1 Å². The van der Waals surface area contributed by atoms with Gasteiger partial charge in [-0.15, -0.1) is 0 Å². The number of rotatable bonds is 6. The van der Waals surface area contributed by atoms with Crippen molar-refractivity contribution >= 4 is 32.1 Å². The van der Waals surface area contributed by atoms with Gasteiger partial charge < -0.3 is 14.4 Å². The Kier molecular flexibility index (Phi) is 7.29. The third kappa shape index (κ3) is 6.74. The SMILES string of the molecule is Cc1ccc(S(=O)(=O)OCCO[C@H]2CN(C(=O)OC(C)(C)C)C[C@H]2Br)cc1. The monoisotopic (exact) mass is 463 g/mol. The van der Waals surface area contributed by atoms with Gasteiger partial charge in [-0.1, -0.05) is 33.6 Å². The highest BCUT2D eigenvalue weighted by atomic mass is 79.9. The van der Waals surface area contributed by atoms with Gasteiger partial charge in [-0.3, -0.25) is 4.18 Å². The minimum absolute atomic E-state index is 0.0567. The second-order valence-electron chi connectivity index (χ2n) is 7.40. The van der Waals surface area contributed by atoms with Crippen molar-refractivity contribution in [2.45, 2.75) is 49.1 Å². The lowest BCUT2D eigenvalue weighted by Crippen LogP contribution is -2.36. The van der Waals surface area contributed by atoms with Gasteiger partial charge in [-0.2, -0.15) is 8.42 Å². The van der Waals surface area contributed by atoms with Gasteiger partial charge in [-0.05, 0) is 39.8 Å². The number of alkyl halides is 1. The second kappa shape index (κ2) is 8.89. The fourth-order valence-corrected chi connectivity index (χ4v) is 4.05. The number of ether oxygens (including phenoxy) is 2. The number of aryl methyl sites for hydroxylation is 1. The molecule has 0 spiro atoms. The molecule has 2 atom stereocenters. The summed E-state index contributed by atoms with van der Waals surface area (Å²) >= 11 is 3.49. The first-order chi connectivity index (χ1) is 12.5. The molecule has 0 aromatic heterocycles. The van der Waals surface area contributed by atoms with E-state index in [-0.39, 0.29) is 29.0 Å². The molecule has 1 fully saturated rings. The molecule has 9 heteroatoms. The van der Waals surface area contributed by atoms with Crippen LogP contribution in [-0.4, -0.2) is 62.2 Å². The summed E-state index contributed by atoms with van der Waals surface area (Å²) in [4.78, 5) is 13.7. The van der Waals surface area contributed by atoms with E-state index >= 15 is 0 Å². The summed E-state index contributed by atoms with van der Waals surface area (Å²) in [5, 5.41) is 0. The van der Waals surface area contributed by atoms with Crippen LogP contribution in [0.25, 0.3) is 0 Å². The summed E-state index contributed by atoms with van der Waals surface area (Å²) in [6.45, 7) is 8.14. The van der Waals surface area contributed by atoms with Crippen molar-refractivity contribution in [2.75, 3.05) is 26.3 Å². The van der Waals surface area contributed by atoms with Crippen LogP contribution >= 0.6 is 15.9 Å². The summed E-state index contributed by atoms with van der Waals surface area (Å²) in [6, 6.07) is 6.45. The molecule has 1 amide bonds. The van der Waals surface area contributed by atoms with E-state index in [4.69, 9.17) is 13.7 Å². The molecule has 0 bridgehead atoms. The summed E-state index contributed by atoms with van der Waals surface area (Å²) in [6.07, 6.45) is -0.653. The zero-order valence-corrected chi connectivity index (χ0v) is 18.4. The molecule has 1 heterocycles. The highest BCUT2D eigenvalue weighted by molar-refractivity contribution is 9.09. The maximum atomic E-state index is 12.1. The Morgan fingerprint density at radius 2 is 1.81 bits per heavy atom. The van der Waals surface area contributed by atoms with Gasteiger partial charge in [0.05, 0.1) is 35.6 Å². The van der Waals surface area contributed by atoms with Crippen molar-refractivity contribution in [2.24, 2.45) is 0 Å². The number of benzene rings is 1. The number of carbonyl (C=O) groups excluding carboxylic acids is 1. The quantitative estimate of drug-likeness (QED) is 0.366. The third-order valence-electron chi connectivity index (χ3n) is 3.81. The average Bonchev–Trinajstić information content (AvgIpc) is 2.92. The lowest BCUT2D eigenvalue weighted by Gasteiger charge is -2.24. The summed E-state index contributed by atoms with van der Waals surface area (Å²) in [5.41, 5.74) is 0.409. The van der Waals surface area contributed by atoms with Gasteiger partial charge in [-0.25, -0.2) is 4.79 Å². The van der Waals surface area contributed by atoms with E-state index in [0.717, 1.165) is 5.56 Å². The van der Waals surface area contributed by atoms with Crippen LogP contribution in [0.1, 0.15) is 26.3 Å². The maximum Gasteiger partial charge on any atom is 0.410 e. The summed E-state index contributed by atoms with van der Waals surface area (Å²) in [5.74, 6) is 0. The minimum Gasteiger partial charge on any atom is -0.444 e. The third-order valence-corrected chi connectivity index (χ3v) is 6.02. The molecular weight excluding hydrogens is 438 g/mol. The van der Waals surface area contributed by atoms with Gasteiger partial charge in [0.2, 0.25) is 0 Å². The van der Waals surface area contributed by atoms with E-state index in [1.54, 1.807) is 17.0 Å². The zero-order valence-electron chi connectivity index (χ0n) is 16.0. The van der Waals surface area contributed by atoms with Gasteiger partial charge in [0, 0.05) is 6.54 Å². The Morgan fingerprint density at radius 1 is 1.19 bits per heavy atom. The van der Waals surface area contributed by atoms with Crippen molar-refractivity contribution in [3.63, 3.8) is 0 Å². The van der Waals surface area contributed by atoms with Crippen molar-refractivity contribution in [1.82, 2.24) is 4.90 Å². The van der Waals surface area contributed by atoms with E-state index < -0.39 is 21.8 Å². The molecule has 1 aliphatic rings. The molecule has 1 aliphatic heterocycles. The smallest absolute Gasteiger partial charge is 0.410 e.